The molecule has 4 heteroatoms. The molecule has 1 nitrogen and oxygen atoms in total. The predicted molar refractivity (Wildman–Crippen MR) is 66.9 cm³/mol. The molecule has 2 rings (SSSR count). The highest BCUT2D eigenvalue weighted by molar-refractivity contribution is 6.35. The molecule has 2 aromatic carbocycles. The second kappa shape index (κ2) is 5.05. The molecule has 0 saturated heterocycles. The highest BCUT2D eigenvalue weighted by Gasteiger charge is 2.14. The number of aliphatic hydroxyl groups excluding tert-OH is 1. The van der Waals surface area contributed by atoms with Crippen LogP contribution in [0.2, 0.25) is 10.0 Å². The second-order valence-corrected chi connectivity index (χ2v) is 4.47. The maximum absolute atomic E-state index is 13.0. The van der Waals surface area contributed by atoms with Crippen LogP contribution in [0.1, 0.15) is 17.2 Å². The average molecular weight is 271 g/mol. The van der Waals surface area contributed by atoms with E-state index in [-0.39, 0.29) is 0 Å². The van der Waals surface area contributed by atoms with Gasteiger partial charge in [0.25, 0.3) is 0 Å². The van der Waals surface area contributed by atoms with Crippen molar-refractivity contribution in [2.75, 3.05) is 0 Å². The van der Waals surface area contributed by atoms with Gasteiger partial charge >= 0.3 is 0 Å². The molecule has 2 aromatic rings. The Hall–Kier alpha value is -1.09. The molecule has 0 amide bonds. The first-order valence-electron chi connectivity index (χ1n) is 4.96. The van der Waals surface area contributed by atoms with E-state index < -0.39 is 11.9 Å². The summed E-state index contributed by atoms with van der Waals surface area (Å²) in [5.74, 6) is -0.397. The summed E-state index contributed by atoms with van der Waals surface area (Å²) in [6.45, 7) is 0. The molecule has 1 unspecified atom stereocenters. The number of hydrogen-bond acceptors (Lipinski definition) is 1. The van der Waals surface area contributed by atoms with Gasteiger partial charge in [-0.1, -0.05) is 41.4 Å². The van der Waals surface area contributed by atoms with Crippen molar-refractivity contribution in [2.45, 2.75) is 6.10 Å². The van der Waals surface area contributed by atoms with Crippen LogP contribution < -0.4 is 0 Å². The Bertz CT molecular complexity index is 543. The smallest absolute Gasteiger partial charge is 0.123 e. The van der Waals surface area contributed by atoms with E-state index in [1.807, 2.05) is 0 Å². The second-order valence-electron chi connectivity index (χ2n) is 3.62. The zero-order valence-electron chi connectivity index (χ0n) is 8.70. The average Bonchev–Trinajstić information content (AvgIpc) is 2.28. The topological polar surface area (TPSA) is 20.2 Å². The Kier molecular flexibility index (Phi) is 3.67. The third kappa shape index (κ3) is 2.78. The lowest BCUT2D eigenvalue weighted by molar-refractivity contribution is 0.220. The molecule has 0 radical (unpaired) electrons. The van der Waals surface area contributed by atoms with E-state index in [1.54, 1.807) is 24.3 Å². The minimum atomic E-state index is -0.963. The van der Waals surface area contributed by atoms with Gasteiger partial charge in [0, 0.05) is 15.6 Å². The minimum Gasteiger partial charge on any atom is -0.384 e. The molecule has 1 N–H and O–H groups in total. The third-order valence-electron chi connectivity index (χ3n) is 2.42. The van der Waals surface area contributed by atoms with Gasteiger partial charge in [0.2, 0.25) is 0 Å². The molecule has 0 spiro atoms. The Balaban J connectivity index is 2.40. The first-order chi connectivity index (χ1) is 8.08. The van der Waals surface area contributed by atoms with Gasteiger partial charge in [0.15, 0.2) is 0 Å². The predicted octanol–water partition coefficient (Wildman–Crippen LogP) is 4.21. The Morgan fingerprint density at radius 1 is 1.06 bits per heavy atom. The Morgan fingerprint density at radius 2 is 1.82 bits per heavy atom. The van der Waals surface area contributed by atoms with Crippen molar-refractivity contribution in [3.05, 3.63) is 69.5 Å². The van der Waals surface area contributed by atoms with Crippen LogP contribution in [-0.4, -0.2) is 5.11 Å². The lowest BCUT2D eigenvalue weighted by Crippen LogP contribution is -2.00. The lowest BCUT2D eigenvalue weighted by atomic mass is 10.0. The lowest BCUT2D eigenvalue weighted by Gasteiger charge is -2.13. The molecule has 0 aromatic heterocycles. The number of hydrogen-bond donors (Lipinski definition) is 1. The van der Waals surface area contributed by atoms with E-state index in [0.717, 1.165) is 0 Å². The first-order valence-corrected chi connectivity index (χ1v) is 5.72. The van der Waals surface area contributed by atoms with Crippen molar-refractivity contribution in [2.24, 2.45) is 0 Å². The highest BCUT2D eigenvalue weighted by atomic mass is 35.5. The van der Waals surface area contributed by atoms with E-state index in [9.17, 15) is 9.50 Å². The molecular weight excluding hydrogens is 262 g/mol. The molecule has 0 aliphatic heterocycles. The maximum atomic E-state index is 13.0. The number of halogens is 3. The molecule has 0 heterocycles. The minimum absolute atomic E-state index is 0.356. The van der Waals surface area contributed by atoms with E-state index in [0.29, 0.717) is 21.2 Å². The molecule has 1 atom stereocenters. The van der Waals surface area contributed by atoms with Crippen LogP contribution in [0.15, 0.2) is 42.5 Å². The standard InChI is InChI=1S/C13H9Cl2FO/c14-9-4-5-11(12(15)7-9)13(17)8-2-1-3-10(16)6-8/h1-7,13,17H. The van der Waals surface area contributed by atoms with Crippen molar-refractivity contribution in [3.8, 4) is 0 Å². The zero-order valence-corrected chi connectivity index (χ0v) is 10.2. The molecular formula is C13H9Cl2FO. The summed E-state index contributed by atoms with van der Waals surface area (Å²) in [5, 5.41) is 10.9. The molecule has 0 saturated carbocycles. The molecule has 0 fully saturated rings. The van der Waals surface area contributed by atoms with Crippen LogP contribution in [0.5, 0.6) is 0 Å². The summed E-state index contributed by atoms with van der Waals surface area (Å²) in [6, 6.07) is 10.6. The van der Waals surface area contributed by atoms with Crippen molar-refractivity contribution in [3.63, 3.8) is 0 Å². The quantitative estimate of drug-likeness (QED) is 0.867. The van der Waals surface area contributed by atoms with Crippen LogP contribution >= 0.6 is 23.2 Å². The van der Waals surface area contributed by atoms with Gasteiger partial charge in [-0.15, -0.1) is 0 Å². The molecule has 17 heavy (non-hydrogen) atoms. The highest BCUT2D eigenvalue weighted by Crippen LogP contribution is 2.30. The molecule has 0 bridgehead atoms. The fraction of sp³-hybridized carbons (Fsp3) is 0.0769. The normalized spacial score (nSPS) is 12.5. The van der Waals surface area contributed by atoms with Crippen molar-refractivity contribution in [1.29, 1.82) is 0 Å². The number of aliphatic hydroxyl groups is 1. The largest absolute Gasteiger partial charge is 0.384 e. The van der Waals surface area contributed by atoms with Crippen molar-refractivity contribution >= 4 is 23.2 Å². The number of rotatable bonds is 2. The fourth-order valence-electron chi connectivity index (χ4n) is 1.58. The van der Waals surface area contributed by atoms with Crippen LogP contribution in [-0.2, 0) is 0 Å². The van der Waals surface area contributed by atoms with Crippen LogP contribution in [0.25, 0.3) is 0 Å². The van der Waals surface area contributed by atoms with E-state index in [1.165, 1.54) is 18.2 Å². The van der Waals surface area contributed by atoms with Gasteiger partial charge in [-0.05, 0) is 29.8 Å². The fourth-order valence-corrected chi connectivity index (χ4v) is 2.09. The van der Waals surface area contributed by atoms with Gasteiger partial charge < -0.3 is 5.11 Å². The van der Waals surface area contributed by atoms with E-state index in [4.69, 9.17) is 23.2 Å². The monoisotopic (exact) mass is 270 g/mol. The maximum Gasteiger partial charge on any atom is 0.123 e. The van der Waals surface area contributed by atoms with E-state index >= 15 is 0 Å². The summed E-state index contributed by atoms with van der Waals surface area (Å²) in [6.07, 6.45) is -0.963. The van der Waals surface area contributed by atoms with E-state index in [2.05, 4.69) is 0 Å². The van der Waals surface area contributed by atoms with Crippen LogP contribution in [0, 0.1) is 5.82 Å². The number of benzene rings is 2. The Labute approximate surface area is 108 Å². The first kappa shape index (κ1) is 12.4. The summed E-state index contributed by atoms with van der Waals surface area (Å²) in [5.41, 5.74) is 0.955. The third-order valence-corrected chi connectivity index (χ3v) is 2.98. The van der Waals surface area contributed by atoms with Crippen molar-refractivity contribution in [1.82, 2.24) is 0 Å². The molecule has 88 valence electrons. The molecule has 0 aliphatic carbocycles. The van der Waals surface area contributed by atoms with Crippen molar-refractivity contribution < 1.29 is 9.50 Å². The Morgan fingerprint density at radius 3 is 2.47 bits per heavy atom. The van der Waals surface area contributed by atoms with Gasteiger partial charge in [0.1, 0.15) is 11.9 Å². The van der Waals surface area contributed by atoms with Crippen LogP contribution in [0.4, 0.5) is 4.39 Å². The van der Waals surface area contributed by atoms with Gasteiger partial charge in [-0.25, -0.2) is 4.39 Å². The molecule has 0 aliphatic rings. The summed E-state index contributed by atoms with van der Waals surface area (Å²) in [7, 11) is 0. The summed E-state index contributed by atoms with van der Waals surface area (Å²) in [4.78, 5) is 0. The summed E-state index contributed by atoms with van der Waals surface area (Å²) >= 11 is 11.7. The van der Waals surface area contributed by atoms with Gasteiger partial charge in [-0.3, -0.25) is 0 Å². The zero-order chi connectivity index (χ0) is 12.4. The van der Waals surface area contributed by atoms with Gasteiger partial charge in [0.05, 0.1) is 0 Å². The SMILES string of the molecule is OC(c1cccc(F)c1)c1ccc(Cl)cc1Cl. The van der Waals surface area contributed by atoms with Gasteiger partial charge in [-0.2, -0.15) is 0 Å². The van der Waals surface area contributed by atoms with Crippen LogP contribution in [0.3, 0.4) is 0 Å². The summed E-state index contributed by atoms with van der Waals surface area (Å²) < 4.78 is 13.0.